The zero-order chi connectivity index (χ0) is 18.6. The molecule has 6 nitrogen and oxygen atoms in total. The lowest BCUT2D eigenvalue weighted by Crippen LogP contribution is -2.41. The highest BCUT2D eigenvalue weighted by Gasteiger charge is 2.29. The third kappa shape index (κ3) is 4.22. The van der Waals surface area contributed by atoms with E-state index in [1.54, 1.807) is 0 Å². The van der Waals surface area contributed by atoms with Gasteiger partial charge in [0.2, 0.25) is 0 Å². The molecule has 2 saturated heterocycles. The first-order chi connectivity index (χ1) is 13.2. The van der Waals surface area contributed by atoms with Crippen LogP contribution >= 0.6 is 0 Å². The van der Waals surface area contributed by atoms with Crippen LogP contribution in [0.15, 0.2) is 36.5 Å². The van der Waals surface area contributed by atoms with Gasteiger partial charge in [-0.15, -0.1) is 0 Å². The maximum absolute atomic E-state index is 12.6. The Labute approximate surface area is 160 Å². The lowest BCUT2D eigenvalue weighted by molar-refractivity contribution is -0.140. The number of hydrogen-bond acceptors (Lipinski definition) is 4. The van der Waals surface area contributed by atoms with E-state index in [0.29, 0.717) is 0 Å². The number of carbonyl (C=O) groups excluding carboxylic acids is 1. The summed E-state index contributed by atoms with van der Waals surface area (Å²) in [4.78, 5) is 17.0. The number of hydrogen-bond donors (Lipinski definition) is 0. The molecule has 1 aromatic heterocycles. The van der Waals surface area contributed by atoms with Gasteiger partial charge in [0.15, 0.2) is 0 Å². The molecule has 0 unspecified atom stereocenters. The standard InChI is InChI=1S/C21H28N4O2/c1-17-18(16-25(22-17)19-7-3-2-4-8-19)15-23-10-6-11-24(13-12-23)21(26)20-9-5-14-27-20/h2-4,7-8,16,20H,5-6,9-15H2,1H3/t20-/m0/s1. The van der Waals surface area contributed by atoms with E-state index in [1.165, 1.54) is 5.56 Å². The monoisotopic (exact) mass is 368 g/mol. The van der Waals surface area contributed by atoms with Crippen LogP contribution < -0.4 is 0 Å². The summed E-state index contributed by atoms with van der Waals surface area (Å²) < 4.78 is 7.53. The average molecular weight is 368 g/mol. The summed E-state index contributed by atoms with van der Waals surface area (Å²) in [7, 11) is 0. The van der Waals surface area contributed by atoms with Crippen LogP contribution in [0.3, 0.4) is 0 Å². The van der Waals surface area contributed by atoms with Crippen LogP contribution in [0.25, 0.3) is 5.69 Å². The van der Waals surface area contributed by atoms with E-state index in [2.05, 4.69) is 35.3 Å². The van der Waals surface area contributed by atoms with Crippen molar-refractivity contribution in [2.75, 3.05) is 32.8 Å². The van der Waals surface area contributed by atoms with Crippen molar-refractivity contribution < 1.29 is 9.53 Å². The molecule has 144 valence electrons. The third-order valence-corrected chi connectivity index (χ3v) is 5.52. The number of aryl methyl sites for hydroxylation is 1. The van der Waals surface area contributed by atoms with Gasteiger partial charge in [0.05, 0.1) is 11.4 Å². The summed E-state index contributed by atoms with van der Waals surface area (Å²) in [5, 5.41) is 4.67. The molecular formula is C21H28N4O2. The molecule has 2 aromatic rings. The summed E-state index contributed by atoms with van der Waals surface area (Å²) >= 11 is 0. The van der Waals surface area contributed by atoms with Crippen molar-refractivity contribution in [3.05, 3.63) is 47.8 Å². The fourth-order valence-corrected chi connectivity index (χ4v) is 3.93. The molecule has 0 radical (unpaired) electrons. The molecule has 0 N–H and O–H groups in total. The molecule has 1 atom stereocenters. The Hall–Kier alpha value is -2.18. The molecule has 0 spiro atoms. The molecule has 1 aromatic carbocycles. The lowest BCUT2D eigenvalue weighted by Gasteiger charge is -2.24. The van der Waals surface area contributed by atoms with E-state index >= 15 is 0 Å². The first-order valence-corrected chi connectivity index (χ1v) is 9.94. The zero-order valence-corrected chi connectivity index (χ0v) is 16.0. The molecule has 2 fully saturated rings. The SMILES string of the molecule is Cc1nn(-c2ccccc2)cc1CN1CCCN(C(=O)[C@@H]2CCCO2)CC1. The number of ether oxygens (including phenoxy) is 1. The van der Waals surface area contributed by atoms with Crippen LogP contribution in [-0.4, -0.2) is 64.4 Å². The van der Waals surface area contributed by atoms with Gasteiger partial charge in [-0.2, -0.15) is 5.10 Å². The van der Waals surface area contributed by atoms with Crippen LogP contribution in [0.5, 0.6) is 0 Å². The Bertz CT molecular complexity index is 768. The molecule has 27 heavy (non-hydrogen) atoms. The second kappa shape index (κ2) is 8.23. The average Bonchev–Trinajstić information content (AvgIpc) is 3.28. The van der Waals surface area contributed by atoms with Gasteiger partial charge >= 0.3 is 0 Å². The number of nitrogens with zero attached hydrogens (tertiary/aromatic N) is 4. The Kier molecular flexibility index (Phi) is 5.55. The van der Waals surface area contributed by atoms with Gasteiger partial charge in [-0.05, 0) is 38.3 Å². The number of benzene rings is 1. The van der Waals surface area contributed by atoms with E-state index in [0.717, 1.165) is 70.0 Å². The Morgan fingerprint density at radius 2 is 2.00 bits per heavy atom. The smallest absolute Gasteiger partial charge is 0.251 e. The first-order valence-electron chi connectivity index (χ1n) is 9.94. The van der Waals surface area contributed by atoms with Crippen LogP contribution in [0, 0.1) is 6.92 Å². The number of rotatable bonds is 4. The molecular weight excluding hydrogens is 340 g/mol. The minimum absolute atomic E-state index is 0.183. The van der Waals surface area contributed by atoms with Gasteiger partial charge in [-0.25, -0.2) is 4.68 Å². The predicted molar refractivity (Wildman–Crippen MR) is 104 cm³/mol. The van der Waals surface area contributed by atoms with Crippen LogP contribution in [0.1, 0.15) is 30.5 Å². The van der Waals surface area contributed by atoms with Gasteiger partial charge in [0.25, 0.3) is 5.91 Å². The van der Waals surface area contributed by atoms with Gasteiger partial charge in [0, 0.05) is 51.1 Å². The van der Waals surface area contributed by atoms with Gasteiger partial charge in [0.1, 0.15) is 6.10 Å². The number of aromatic nitrogens is 2. The molecule has 1 amide bonds. The fourth-order valence-electron chi connectivity index (χ4n) is 3.93. The largest absolute Gasteiger partial charge is 0.368 e. The minimum atomic E-state index is -0.206. The van der Waals surface area contributed by atoms with E-state index in [1.807, 2.05) is 27.8 Å². The molecule has 4 rings (SSSR count). The van der Waals surface area contributed by atoms with Gasteiger partial charge < -0.3 is 9.64 Å². The highest BCUT2D eigenvalue weighted by molar-refractivity contribution is 5.81. The van der Waals surface area contributed by atoms with Crippen LogP contribution in [-0.2, 0) is 16.1 Å². The first kappa shape index (κ1) is 18.2. The Morgan fingerprint density at radius 1 is 1.15 bits per heavy atom. The highest BCUT2D eigenvalue weighted by Crippen LogP contribution is 2.18. The second-order valence-electron chi connectivity index (χ2n) is 7.48. The molecule has 6 heteroatoms. The summed E-state index contributed by atoms with van der Waals surface area (Å²) in [6.07, 6.45) is 4.80. The summed E-state index contributed by atoms with van der Waals surface area (Å²) in [6.45, 7) is 7.18. The Morgan fingerprint density at radius 3 is 2.78 bits per heavy atom. The van der Waals surface area contributed by atoms with Crippen molar-refractivity contribution in [1.82, 2.24) is 19.6 Å². The maximum atomic E-state index is 12.6. The van der Waals surface area contributed by atoms with Gasteiger partial charge in [-0.1, -0.05) is 18.2 Å². The lowest BCUT2D eigenvalue weighted by atomic mass is 10.2. The maximum Gasteiger partial charge on any atom is 0.251 e. The Balaban J connectivity index is 1.37. The molecule has 3 heterocycles. The minimum Gasteiger partial charge on any atom is -0.368 e. The van der Waals surface area contributed by atoms with Crippen molar-refractivity contribution in [1.29, 1.82) is 0 Å². The second-order valence-corrected chi connectivity index (χ2v) is 7.48. The van der Waals surface area contributed by atoms with Crippen molar-refractivity contribution in [2.24, 2.45) is 0 Å². The predicted octanol–water partition coefficient (Wildman–Crippen LogP) is 2.39. The molecule has 2 aliphatic heterocycles. The zero-order valence-electron chi connectivity index (χ0n) is 16.0. The van der Waals surface area contributed by atoms with E-state index in [4.69, 9.17) is 4.74 Å². The quantitative estimate of drug-likeness (QED) is 0.832. The normalized spacial score (nSPS) is 21.4. The molecule has 2 aliphatic rings. The van der Waals surface area contributed by atoms with Crippen molar-refractivity contribution in [2.45, 2.75) is 38.8 Å². The number of para-hydroxylation sites is 1. The van der Waals surface area contributed by atoms with E-state index in [-0.39, 0.29) is 12.0 Å². The van der Waals surface area contributed by atoms with Crippen LogP contribution in [0.4, 0.5) is 0 Å². The third-order valence-electron chi connectivity index (χ3n) is 5.52. The topological polar surface area (TPSA) is 50.6 Å². The number of carbonyl (C=O) groups is 1. The van der Waals surface area contributed by atoms with Crippen molar-refractivity contribution >= 4 is 5.91 Å². The summed E-state index contributed by atoms with van der Waals surface area (Å²) in [5.41, 5.74) is 3.39. The molecule has 0 bridgehead atoms. The van der Waals surface area contributed by atoms with E-state index < -0.39 is 0 Å². The van der Waals surface area contributed by atoms with Crippen molar-refractivity contribution in [3.8, 4) is 5.69 Å². The molecule has 0 saturated carbocycles. The summed E-state index contributed by atoms with van der Waals surface area (Å²) in [5.74, 6) is 0.183. The number of amides is 1. The summed E-state index contributed by atoms with van der Waals surface area (Å²) in [6, 6.07) is 10.2. The molecule has 0 aliphatic carbocycles. The van der Waals surface area contributed by atoms with Gasteiger partial charge in [-0.3, -0.25) is 9.69 Å². The van der Waals surface area contributed by atoms with E-state index in [9.17, 15) is 4.79 Å². The van der Waals surface area contributed by atoms with Crippen molar-refractivity contribution in [3.63, 3.8) is 0 Å². The fraction of sp³-hybridized carbons (Fsp3) is 0.524. The van der Waals surface area contributed by atoms with Crippen LogP contribution in [0.2, 0.25) is 0 Å². The highest BCUT2D eigenvalue weighted by atomic mass is 16.5.